The van der Waals surface area contributed by atoms with Gasteiger partial charge in [-0.25, -0.2) is 0 Å². The van der Waals surface area contributed by atoms with Crippen LogP contribution in [0.15, 0.2) is 48.5 Å². The number of anilines is 3. The topological polar surface area (TPSA) is 79.5 Å². The van der Waals surface area contributed by atoms with E-state index < -0.39 is 6.04 Å². The van der Waals surface area contributed by atoms with Gasteiger partial charge in [-0.2, -0.15) is 0 Å². The Labute approximate surface area is 141 Å². The summed E-state index contributed by atoms with van der Waals surface area (Å²) < 4.78 is 5.30. The van der Waals surface area contributed by atoms with Crippen molar-refractivity contribution in [1.82, 2.24) is 0 Å². The highest BCUT2D eigenvalue weighted by atomic mass is 16.5. The average molecular weight is 327 g/mol. The summed E-state index contributed by atoms with van der Waals surface area (Å²) in [6, 6.07) is 13.9. The number of carbonyl (C=O) groups excluding carboxylic acids is 2. The molecule has 0 radical (unpaired) electrons. The third-order valence-corrected chi connectivity index (χ3v) is 3.33. The molecule has 24 heavy (non-hydrogen) atoms. The molecule has 0 fully saturated rings. The number of ether oxygens (including phenoxy) is 1. The van der Waals surface area contributed by atoms with E-state index in [2.05, 4.69) is 16.0 Å². The highest BCUT2D eigenvalue weighted by Gasteiger charge is 2.15. The lowest BCUT2D eigenvalue weighted by Crippen LogP contribution is -2.32. The van der Waals surface area contributed by atoms with Crippen LogP contribution in [-0.2, 0) is 9.59 Å². The maximum Gasteiger partial charge on any atom is 0.246 e. The van der Waals surface area contributed by atoms with Gasteiger partial charge in [0.05, 0.1) is 12.8 Å². The number of nitrogens with one attached hydrogen (secondary N) is 3. The van der Waals surface area contributed by atoms with Gasteiger partial charge in [0.25, 0.3) is 0 Å². The van der Waals surface area contributed by atoms with Gasteiger partial charge in [-0.15, -0.1) is 0 Å². The van der Waals surface area contributed by atoms with Crippen molar-refractivity contribution in [1.29, 1.82) is 0 Å². The predicted octanol–water partition coefficient (Wildman–Crippen LogP) is 3.09. The van der Waals surface area contributed by atoms with Crippen LogP contribution >= 0.6 is 0 Å². The molecule has 126 valence electrons. The molecule has 0 aliphatic carbocycles. The highest BCUT2D eigenvalue weighted by Crippen LogP contribution is 2.28. The quantitative estimate of drug-likeness (QED) is 0.762. The lowest BCUT2D eigenvalue weighted by molar-refractivity contribution is -0.116. The fourth-order valence-electron chi connectivity index (χ4n) is 2.17. The highest BCUT2D eigenvalue weighted by molar-refractivity contribution is 5.96. The van der Waals surface area contributed by atoms with Crippen LogP contribution in [0.3, 0.4) is 0 Å². The van der Waals surface area contributed by atoms with Gasteiger partial charge in [0.15, 0.2) is 0 Å². The zero-order chi connectivity index (χ0) is 17.5. The Hall–Kier alpha value is -3.02. The van der Waals surface area contributed by atoms with E-state index >= 15 is 0 Å². The normalized spacial score (nSPS) is 11.3. The van der Waals surface area contributed by atoms with E-state index in [0.717, 1.165) is 5.69 Å². The Bertz CT molecular complexity index is 717. The van der Waals surface area contributed by atoms with Crippen molar-refractivity contribution in [3.8, 4) is 5.75 Å². The second-order valence-electron chi connectivity index (χ2n) is 5.32. The molecule has 0 saturated heterocycles. The maximum atomic E-state index is 12.3. The molecular formula is C18H21N3O3. The Kier molecular flexibility index (Phi) is 5.78. The fourth-order valence-corrected chi connectivity index (χ4v) is 2.17. The molecule has 0 aromatic heterocycles. The molecule has 6 heteroatoms. The molecule has 2 aromatic carbocycles. The Morgan fingerprint density at radius 3 is 2.33 bits per heavy atom. The lowest BCUT2D eigenvalue weighted by Gasteiger charge is -2.18. The maximum absolute atomic E-state index is 12.3. The monoisotopic (exact) mass is 327 g/mol. The number of benzene rings is 2. The van der Waals surface area contributed by atoms with Crippen LogP contribution in [-0.4, -0.2) is 25.0 Å². The first-order valence-corrected chi connectivity index (χ1v) is 7.57. The molecule has 0 heterocycles. The van der Waals surface area contributed by atoms with Crippen molar-refractivity contribution in [2.45, 2.75) is 19.9 Å². The lowest BCUT2D eigenvalue weighted by atomic mass is 10.2. The van der Waals surface area contributed by atoms with Crippen LogP contribution < -0.4 is 20.7 Å². The zero-order valence-electron chi connectivity index (χ0n) is 13.9. The van der Waals surface area contributed by atoms with Crippen LogP contribution in [0.5, 0.6) is 5.75 Å². The van der Waals surface area contributed by atoms with Gasteiger partial charge in [-0.05, 0) is 37.3 Å². The van der Waals surface area contributed by atoms with Crippen molar-refractivity contribution in [3.05, 3.63) is 48.5 Å². The number of hydrogen-bond donors (Lipinski definition) is 3. The van der Waals surface area contributed by atoms with E-state index in [1.165, 1.54) is 6.92 Å². The molecule has 0 unspecified atom stereocenters. The number of methoxy groups -OCH3 is 1. The summed E-state index contributed by atoms with van der Waals surface area (Å²) in [5, 5.41) is 8.64. The first-order valence-electron chi connectivity index (χ1n) is 7.57. The zero-order valence-corrected chi connectivity index (χ0v) is 13.9. The summed E-state index contributed by atoms with van der Waals surface area (Å²) in [6.45, 7) is 3.19. The molecule has 0 spiro atoms. The van der Waals surface area contributed by atoms with Crippen molar-refractivity contribution < 1.29 is 14.3 Å². The molecule has 0 bridgehead atoms. The minimum atomic E-state index is -0.494. The molecule has 6 nitrogen and oxygen atoms in total. The SMILES string of the molecule is COc1ccc(NC(C)=O)cc1N[C@H](C)C(=O)Nc1ccccc1. The summed E-state index contributed by atoms with van der Waals surface area (Å²) in [4.78, 5) is 23.5. The average Bonchev–Trinajstić information content (AvgIpc) is 2.55. The first-order chi connectivity index (χ1) is 11.5. The number of rotatable bonds is 6. The number of carbonyl (C=O) groups is 2. The molecular weight excluding hydrogens is 306 g/mol. The van der Waals surface area contributed by atoms with Crippen molar-refractivity contribution in [2.24, 2.45) is 0 Å². The Balaban J connectivity index is 2.10. The first kappa shape index (κ1) is 17.3. The molecule has 2 rings (SSSR count). The standard InChI is InChI=1S/C18H21N3O3/c1-12(18(23)21-14-7-5-4-6-8-14)19-16-11-15(20-13(2)22)9-10-17(16)24-3/h4-12,19H,1-3H3,(H,20,22)(H,21,23)/t12-/m1/s1. The second kappa shape index (κ2) is 8.01. The number of para-hydroxylation sites is 1. The van der Waals surface area contributed by atoms with E-state index in [1.807, 2.05) is 30.3 Å². The predicted molar refractivity (Wildman–Crippen MR) is 95.5 cm³/mol. The van der Waals surface area contributed by atoms with Crippen LogP contribution in [0.1, 0.15) is 13.8 Å². The second-order valence-corrected chi connectivity index (χ2v) is 5.32. The van der Waals surface area contributed by atoms with Gasteiger partial charge in [-0.3, -0.25) is 9.59 Å². The Morgan fingerprint density at radius 2 is 1.71 bits per heavy atom. The molecule has 0 saturated carbocycles. The number of hydrogen-bond acceptors (Lipinski definition) is 4. The van der Waals surface area contributed by atoms with Crippen molar-refractivity contribution in [2.75, 3.05) is 23.1 Å². The van der Waals surface area contributed by atoms with Crippen LogP contribution in [0.4, 0.5) is 17.1 Å². The van der Waals surface area contributed by atoms with E-state index in [1.54, 1.807) is 32.2 Å². The minimum absolute atomic E-state index is 0.166. The summed E-state index contributed by atoms with van der Waals surface area (Å²) in [5.74, 6) is 0.248. The van der Waals surface area contributed by atoms with Gasteiger partial charge in [0.2, 0.25) is 11.8 Å². The van der Waals surface area contributed by atoms with Gasteiger partial charge >= 0.3 is 0 Å². The summed E-state index contributed by atoms with van der Waals surface area (Å²) in [7, 11) is 1.55. The van der Waals surface area contributed by atoms with Gasteiger partial charge in [0.1, 0.15) is 11.8 Å². The molecule has 1 atom stereocenters. The summed E-state index contributed by atoms with van der Waals surface area (Å²) in [5.41, 5.74) is 1.98. The van der Waals surface area contributed by atoms with Gasteiger partial charge in [-0.1, -0.05) is 18.2 Å². The van der Waals surface area contributed by atoms with E-state index in [0.29, 0.717) is 17.1 Å². The summed E-state index contributed by atoms with van der Waals surface area (Å²) >= 11 is 0. The van der Waals surface area contributed by atoms with Gasteiger partial charge in [0, 0.05) is 18.3 Å². The van der Waals surface area contributed by atoms with E-state index in [9.17, 15) is 9.59 Å². The smallest absolute Gasteiger partial charge is 0.246 e. The van der Waals surface area contributed by atoms with Crippen molar-refractivity contribution >= 4 is 28.9 Å². The number of amides is 2. The molecule has 0 aliphatic heterocycles. The summed E-state index contributed by atoms with van der Waals surface area (Å²) in [6.07, 6.45) is 0. The molecule has 0 aliphatic rings. The van der Waals surface area contributed by atoms with Crippen molar-refractivity contribution in [3.63, 3.8) is 0 Å². The third kappa shape index (κ3) is 4.74. The third-order valence-electron chi connectivity index (χ3n) is 3.33. The molecule has 3 N–H and O–H groups in total. The molecule has 2 aromatic rings. The molecule has 2 amide bonds. The van der Waals surface area contributed by atoms with Gasteiger partial charge < -0.3 is 20.7 Å². The minimum Gasteiger partial charge on any atom is -0.495 e. The van der Waals surface area contributed by atoms with E-state index in [4.69, 9.17) is 4.74 Å². The Morgan fingerprint density at radius 1 is 1.00 bits per heavy atom. The fraction of sp³-hybridized carbons (Fsp3) is 0.222. The largest absolute Gasteiger partial charge is 0.495 e. The van der Waals surface area contributed by atoms with Crippen LogP contribution in [0.25, 0.3) is 0 Å². The van der Waals surface area contributed by atoms with Crippen LogP contribution in [0, 0.1) is 0 Å². The van der Waals surface area contributed by atoms with E-state index in [-0.39, 0.29) is 11.8 Å². The van der Waals surface area contributed by atoms with Crippen LogP contribution in [0.2, 0.25) is 0 Å².